The lowest BCUT2D eigenvalue weighted by molar-refractivity contribution is 0.197. The van der Waals surface area contributed by atoms with Gasteiger partial charge in [0.25, 0.3) is 5.78 Å². The number of rotatable bonds is 3. The van der Waals surface area contributed by atoms with E-state index in [0.717, 1.165) is 48.8 Å². The first kappa shape index (κ1) is 15.5. The number of hydrogen-bond acceptors (Lipinski definition) is 5. The zero-order valence-electron chi connectivity index (χ0n) is 13.6. The standard InChI is InChI=1S/C17H19ClN6/c1-12-7-16(24-17(22-12)20-11-21-24)14-3-2-6-23(10-14)9-13-4-5-19-8-15(13)18/h4-5,7-8,11,14H,2-3,6,9-10H2,1H3. The lowest BCUT2D eigenvalue weighted by atomic mass is 9.93. The van der Waals surface area contributed by atoms with Crippen LogP contribution in [0, 0.1) is 6.92 Å². The van der Waals surface area contributed by atoms with Gasteiger partial charge in [-0.05, 0) is 44.0 Å². The summed E-state index contributed by atoms with van der Waals surface area (Å²) in [7, 11) is 0. The Morgan fingerprint density at radius 1 is 1.38 bits per heavy atom. The molecule has 4 rings (SSSR count). The van der Waals surface area contributed by atoms with Gasteiger partial charge < -0.3 is 0 Å². The third kappa shape index (κ3) is 2.99. The summed E-state index contributed by atoms with van der Waals surface area (Å²) in [6, 6.07) is 4.13. The highest BCUT2D eigenvalue weighted by Gasteiger charge is 2.24. The van der Waals surface area contributed by atoms with Gasteiger partial charge in [0.15, 0.2) is 0 Å². The molecule has 1 atom stereocenters. The fourth-order valence-electron chi connectivity index (χ4n) is 3.46. The number of hydrogen-bond donors (Lipinski definition) is 0. The predicted molar refractivity (Wildman–Crippen MR) is 92.0 cm³/mol. The van der Waals surface area contributed by atoms with Crippen LogP contribution in [-0.2, 0) is 6.54 Å². The third-order valence-corrected chi connectivity index (χ3v) is 4.92. The van der Waals surface area contributed by atoms with Gasteiger partial charge >= 0.3 is 0 Å². The Bertz CT molecular complexity index is 861. The van der Waals surface area contributed by atoms with E-state index in [1.807, 2.05) is 17.5 Å². The van der Waals surface area contributed by atoms with Crippen LogP contribution in [0.25, 0.3) is 5.78 Å². The summed E-state index contributed by atoms with van der Waals surface area (Å²) in [5.41, 5.74) is 3.31. The predicted octanol–water partition coefficient (Wildman–Crippen LogP) is 2.86. The fraction of sp³-hybridized carbons (Fsp3) is 0.412. The molecule has 1 aliphatic rings. The molecule has 24 heavy (non-hydrogen) atoms. The van der Waals surface area contributed by atoms with E-state index in [4.69, 9.17) is 11.6 Å². The topological polar surface area (TPSA) is 59.2 Å². The minimum absolute atomic E-state index is 0.422. The Morgan fingerprint density at radius 2 is 2.29 bits per heavy atom. The number of pyridine rings is 1. The van der Waals surface area contributed by atoms with Crippen LogP contribution in [0.2, 0.25) is 5.02 Å². The van der Waals surface area contributed by atoms with Crippen LogP contribution in [0.4, 0.5) is 0 Å². The second kappa shape index (κ2) is 6.45. The summed E-state index contributed by atoms with van der Waals surface area (Å²) in [6.07, 6.45) is 7.39. The molecule has 0 radical (unpaired) electrons. The van der Waals surface area contributed by atoms with Gasteiger partial charge in [0.2, 0.25) is 0 Å². The van der Waals surface area contributed by atoms with Gasteiger partial charge in [-0.3, -0.25) is 9.88 Å². The lowest BCUT2D eigenvalue weighted by Crippen LogP contribution is -2.34. The largest absolute Gasteiger partial charge is 0.298 e. The summed E-state index contributed by atoms with van der Waals surface area (Å²) in [5, 5.41) is 5.09. The zero-order chi connectivity index (χ0) is 16.5. The molecule has 0 saturated carbocycles. The van der Waals surface area contributed by atoms with E-state index in [1.54, 1.807) is 18.7 Å². The molecular weight excluding hydrogens is 324 g/mol. The Morgan fingerprint density at radius 3 is 3.17 bits per heavy atom. The molecule has 7 heteroatoms. The summed E-state index contributed by atoms with van der Waals surface area (Å²) >= 11 is 6.26. The lowest BCUT2D eigenvalue weighted by Gasteiger charge is -2.33. The van der Waals surface area contributed by atoms with Crippen molar-refractivity contribution in [3.8, 4) is 0 Å². The van der Waals surface area contributed by atoms with Gasteiger partial charge in [0, 0.05) is 37.1 Å². The van der Waals surface area contributed by atoms with Crippen LogP contribution in [0.15, 0.2) is 30.9 Å². The van der Waals surface area contributed by atoms with Crippen molar-refractivity contribution in [2.24, 2.45) is 0 Å². The smallest absolute Gasteiger partial charge is 0.252 e. The third-order valence-electron chi connectivity index (χ3n) is 4.58. The van der Waals surface area contributed by atoms with E-state index in [9.17, 15) is 0 Å². The second-order valence-electron chi connectivity index (χ2n) is 6.34. The summed E-state index contributed by atoms with van der Waals surface area (Å²) in [5.74, 6) is 1.10. The Kier molecular flexibility index (Phi) is 4.16. The van der Waals surface area contributed by atoms with Gasteiger partial charge in [0.1, 0.15) is 6.33 Å². The van der Waals surface area contributed by atoms with Gasteiger partial charge in [-0.15, -0.1) is 0 Å². The number of halogens is 1. The number of aryl methyl sites for hydroxylation is 1. The number of nitrogens with zero attached hydrogens (tertiary/aromatic N) is 6. The molecule has 0 amide bonds. The molecule has 1 aliphatic heterocycles. The molecule has 0 bridgehead atoms. The van der Waals surface area contributed by atoms with Crippen molar-refractivity contribution in [1.29, 1.82) is 0 Å². The van der Waals surface area contributed by atoms with Gasteiger partial charge in [-0.25, -0.2) is 9.50 Å². The van der Waals surface area contributed by atoms with E-state index in [2.05, 4.69) is 31.0 Å². The van der Waals surface area contributed by atoms with Crippen LogP contribution in [0.3, 0.4) is 0 Å². The molecule has 3 aromatic heterocycles. The van der Waals surface area contributed by atoms with Crippen LogP contribution < -0.4 is 0 Å². The highest BCUT2D eigenvalue weighted by molar-refractivity contribution is 6.31. The number of likely N-dealkylation sites (tertiary alicyclic amines) is 1. The SMILES string of the molecule is Cc1cc(C2CCCN(Cc3ccncc3Cl)C2)n2ncnc2n1. The van der Waals surface area contributed by atoms with Crippen molar-refractivity contribution in [3.63, 3.8) is 0 Å². The van der Waals surface area contributed by atoms with Crippen LogP contribution in [0.5, 0.6) is 0 Å². The molecule has 1 saturated heterocycles. The summed E-state index contributed by atoms with van der Waals surface area (Å²) < 4.78 is 1.88. The minimum atomic E-state index is 0.422. The van der Waals surface area contributed by atoms with Gasteiger partial charge in [-0.1, -0.05) is 11.6 Å². The number of aromatic nitrogens is 5. The maximum Gasteiger partial charge on any atom is 0.252 e. The van der Waals surface area contributed by atoms with E-state index in [0.29, 0.717) is 11.7 Å². The van der Waals surface area contributed by atoms with Crippen molar-refractivity contribution < 1.29 is 0 Å². The summed E-state index contributed by atoms with van der Waals surface area (Å²) in [6.45, 7) is 4.93. The van der Waals surface area contributed by atoms with Crippen molar-refractivity contribution in [1.82, 2.24) is 29.5 Å². The second-order valence-corrected chi connectivity index (χ2v) is 6.74. The molecule has 0 aliphatic carbocycles. The highest BCUT2D eigenvalue weighted by Crippen LogP contribution is 2.28. The average Bonchev–Trinajstić information content (AvgIpc) is 3.05. The average molecular weight is 343 g/mol. The molecule has 124 valence electrons. The maximum atomic E-state index is 6.26. The number of fused-ring (bicyclic) bond motifs is 1. The van der Waals surface area contributed by atoms with Gasteiger partial charge in [0.05, 0.1) is 10.7 Å². The Labute approximate surface area is 145 Å². The van der Waals surface area contributed by atoms with E-state index in [-0.39, 0.29) is 0 Å². The molecule has 1 unspecified atom stereocenters. The molecule has 3 aromatic rings. The molecule has 0 spiro atoms. The molecule has 0 aromatic carbocycles. The van der Waals surface area contributed by atoms with Crippen molar-refractivity contribution in [2.75, 3.05) is 13.1 Å². The first-order valence-electron chi connectivity index (χ1n) is 8.19. The van der Waals surface area contributed by atoms with Crippen molar-refractivity contribution in [2.45, 2.75) is 32.2 Å². The fourth-order valence-corrected chi connectivity index (χ4v) is 3.64. The van der Waals surface area contributed by atoms with E-state index >= 15 is 0 Å². The van der Waals surface area contributed by atoms with Crippen LogP contribution in [-0.4, -0.2) is 42.6 Å². The molecule has 6 nitrogen and oxygen atoms in total. The molecule has 0 N–H and O–H groups in total. The monoisotopic (exact) mass is 342 g/mol. The summed E-state index contributed by atoms with van der Waals surface area (Å²) in [4.78, 5) is 15.2. The van der Waals surface area contributed by atoms with Gasteiger partial charge in [-0.2, -0.15) is 10.1 Å². The Hall–Kier alpha value is -2.05. The first-order chi connectivity index (χ1) is 11.7. The quantitative estimate of drug-likeness (QED) is 0.732. The highest BCUT2D eigenvalue weighted by atomic mass is 35.5. The maximum absolute atomic E-state index is 6.26. The number of piperidine rings is 1. The van der Waals surface area contributed by atoms with E-state index in [1.165, 1.54) is 5.69 Å². The van der Waals surface area contributed by atoms with Crippen molar-refractivity contribution >= 4 is 17.4 Å². The van der Waals surface area contributed by atoms with Crippen LogP contribution in [0.1, 0.15) is 35.7 Å². The van der Waals surface area contributed by atoms with Crippen LogP contribution >= 0.6 is 11.6 Å². The zero-order valence-corrected chi connectivity index (χ0v) is 14.3. The Balaban J connectivity index is 1.58. The molecular formula is C17H19ClN6. The normalized spacial score (nSPS) is 19.0. The van der Waals surface area contributed by atoms with E-state index < -0.39 is 0 Å². The molecule has 1 fully saturated rings. The minimum Gasteiger partial charge on any atom is -0.298 e. The molecule has 4 heterocycles. The first-order valence-corrected chi connectivity index (χ1v) is 8.56. The van der Waals surface area contributed by atoms with Crippen molar-refractivity contribution in [3.05, 3.63) is 52.8 Å².